The van der Waals surface area contributed by atoms with Crippen LogP contribution in [0.2, 0.25) is 0 Å². The van der Waals surface area contributed by atoms with Crippen LogP contribution in [-0.4, -0.2) is 6.61 Å². The minimum atomic E-state index is -0.302. The molecule has 0 saturated heterocycles. The molecule has 0 heterocycles. The van der Waals surface area contributed by atoms with Gasteiger partial charge in [-0.3, -0.25) is 0 Å². The average molecular weight is 401 g/mol. The zero-order valence-electron chi connectivity index (χ0n) is 13.4. The lowest BCUT2D eigenvalue weighted by Crippen LogP contribution is -2.00. The fraction of sp³-hybridized carbons (Fsp3) is 0.158. The summed E-state index contributed by atoms with van der Waals surface area (Å²) in [5, 5.41) is 17.8. The number of rotatable bonds is 6. The Kier molecular flexibility index (Phi) is 6.56. The van der Waals surface area contributed by atoms with Crippen molar-refractivity contribution >= 4 is 22.0 Å². The van der Waals surface area contributed by atoms with Crippen molar-refractivity contribution in [3.63, 3.8) is 0 Å². The number of nitrogens with zero attached hydrogens (tertiary/aromatic N) is 2. The molecule has 0 bridgehead atoms. The molecule has 0 aliphatic rings. The van der Waals surface area contributed by atoms with Crippen LogP contribution < -0.4 is 9.47 Å². The van der Waals surface area contributed by atoms with Gasteiger partial charge in [0.1, 0.15) is 30.1 Å². The third-order valence-electron chi connectivity index (χ3n) is 3.21. The highest BCUT2D eigenvalue weighted by Gasteiger charge is 2.11. The highest BCUT2D eigenvalue weighted by molar-refractivity contribution is 9.10. The molecule has 0 fully saturated rings. The number of hydrogen-bond acceptors (Lipinski definition) is 4. The molecule has 0 atom stereocenters. The van der Waals surface area contributed by atoms with Crippen molar-refractivity contribution in [2.45, 2.75) is 13.5 Å². The van der Waals surface area contributed by atoms with Gasteiger partial charge >= 0.3 is 0 Å². The molecule has 2 rings (SSSR count). The zero-order chi connectivity index (χ0) is 18.2. The first-order chi connectivity index (χ1) is 12.1. The number of allylic oxidation sites excluding steroid dienone is 1. The predicted molar refractivity (Wildman–Crippen MR) is 95.2 cm³/mol. The molecule has 0 unspecified atom stereocenters. The van der Waals surface area contributed by atoms with E-state index in [9.17, 15) is 4.39 Å². The third kappa shape index (κ3) is 5.07. The lowest BCUT2D eigenvalue weighted by atomic mass is 10.1. The highest BCUT2D eigenvalue weighted by Crippen LogP contribution is 2.35. The normalized spacial score (nSPS) is 9.64. The number of benzene rings is 2. The molecule has 0 spiro atoms. The fourth-order valence-corrected chi connectivity index (χ4v) is 2.47. The first kappa shape index (κ1) is 18.5. The average Bonchev–Trinajstić information content (AvgIpc) is 2.62. The number of hydrogen-bond donors (Lipinski definition) is 0. The summed E-state index contributed by atoms with van der Waals surface area (Å²) < 4.78 is 25.0. The molecule has 4 nitrogen and oxygen atoms in total. The summed E-state index contributed by atoms with van der Waals surface area (Å²) in [5.74, 6) is 0.698. The first-order valence-corrected chi connectivity index (χ1v) is 8.22. The van der Waals surface area contributed by atoms with E-state index >= 15 is 0 Å². The van der Waals surface area contributed by atoms with Gasteiger partial charge in [-0.1, -0.05) is 28.1 Å². The van der Waals surface area contributed by atoms with Crippen LogP contribution in [0.25, 0.3) is 6.08 Å². The van der Waals surface area contributed by atoms with Gasteiger partial charge in [-0.2, -0.15) is 10.5 Å². The quantitative estimate of drug-likeness (QED) is 0.640. The molecule has 25 heavy (non-hydrogen) atoms. The van der Waals surface area contributed by atoms with E-state index in [0.29, 0.717) is 28.1 Å². The Hall–Kier alpha value is -2.83. The zero-order valence-corrected chi connectivity index (χ0v) is 15.0. The van der Waals surface area contributed by atoms with Gasteiger partial charge < -0.3 is 9.47 Å². The Morgan fingerprint density at radius 3 is 2.36 bits per heavy atom. The van der Waals surface area contributed by atoms with Crippen molar-refractivity contribution in [3.8, 4) is 23.6 Å². The van der Waals surface area contributed by atoms with E-state index in [0.717, 1.165) is 5.56 Å². The van der Waals surface area contributed by atoms with E-state index in [1.165, 1.54) is 18.2 Å². The lowest BCUT2D eigenvalue weighted by Gasteiger charge is -2.14. The molecule has 0 aliphatic heterocycles. The molecule has 0 aromatic heterocycles. The number of nitriles is 2. The maximum atomic E-state index is 13.0. The molecule has 0 radical (unpaired) electrons. The summed E-state index contributed by atoms with van der Waals surface area (Å²) in [7, 11) is 0. The van der Waals surface area contributed by atoms with Crippen molar-refractivity contribution < 1.29 is 13.9 Å². The summed E-state index contributed by atoms with van der Waals surface area (Å²) in [6, 6.07) is 13.1. The molecule has 126 valence electrons. The molecule has 2 aromatic carbocycles. The third-order valence-corrected chi connectivity index (χ3v) is 3.90. The first-order valence-electron chi connectivity index (χ1n) is 7.42. The molecule has 0 amide bonds. The molecular weight excluding hydrogens is 387 g/mol. The molecular formula is C19H14BrFN2O2. The van der Waals surface area contributed by atoms with Crippen molar-refractivity contribution in [2.75, 3.05) is 6.61 Å². The van der Waals surface area contributed by atoms with E-state index in [4.69, 9.17) is 20.0 Å². The second kappa shape index (κ2) is 8.86. The van der Waals surface area contributed by atoms with E-state index in [-0.39, 0.29) is 18.0 Å². The van der Waals surface area contributed by atoms with Crippen molar-refractivity contribution in [1.29, 1.82) is 10.5 Å². The van der Waals surface area contributed by atoms with Crippen LogP contribution in [0, 0.1) is 28.5 Å². The number of halogens is 2. The summed E-state index contributed by atoms with van der Waals surface area (Å²) in [5.41, 5.74) is 1.44. The largest absolute Gasteiger partial charge is 0.490 e. The van der Waals surface area contributed by atoms with Gasteiger partial charge in [-0.25, -0.2) is 4.39 Å². The van der Waals surface area contributed by atoms with Gasteiger partial charge in [0, 0.05) is 4.47 Å². The van der Waals surface area contributed by atoms with Crippen LogP contribution in [0.3, 0.4) is 0 Å². The summed E-state index contributed by atoms with van der Waals surface area (Å²) in [4.78, 5) is 0. The smallest absolute Gasteiger partial charge is 0.162 e. The topological polar surface area (TPSA) is 66.0 Å². The standard InChI is InChI=1S/C19H14BrFN2O2/c1-2-24-18-8-15(7-14(10-22)11-23)17(20)9-19(18)25-12-13-3-5-16(21)6-4-13/h3-9H,2,12H2,1H3. The van der Waals surface area contributed by atoms with E-state index in [2.05, 4.69) is 15.9 Å². The predicted octanol–water partition coefficient (Wildman–Crippen LogP) is 5.00. The van der Waals surface area contributed by atoms with Crippen molar-refractivity contribution in [1.82, 2.24) is 0 Å². The Bertz CT molecular complexity index is 849. The van der Waals surface area contributed by atoms with Crippen LogP contribution in [0.4, 0.5) is 4.39 Å². The van der Waals surface area contributed by atoms with Gasteiger partial charge in [-0.05, 0) is 48.4 Å². The Labute approximate surface area is 153 Å². The van der Waals surface area contributed by atoms with Crippen LogP contribution in [0.15, 0.2) is 46.4 Å². The monoisotopic (exact) mass is 400 g/mol. The summed E-state index contributed by atoms with van der Waals surface area (Å²) in [6.07, 6.45) is 1.47. The highest BCUT2D eigenvalue weighted by atomic mass is 79.9. The van der Waals surface area contributed by atoms with Crippen molar-refractivity contribution in [2.24, 2.45) is 0 Å². The Morgan fingerprint density at radius 1 is 1.12 bits per heavy atom. The molecule has 2 aromatic rings. The van der Waals surface area contributed by atoms with Gasteiger partial charge in [0.2, 0.25) is 0 Å². The minimum absolute atomic E-state index is 0.0110. The second-order valence-corrected chi connectivity index (χ2v) is 5.80. The summed E-state index contributed by atoms with van der Waals surface area (Å²) >= 11 is 3.41. The van der Waals surface area contributed by atoms with Gasteiger partial charge in [-0.15, -0.1) is 0 Å². The van der Waals surface area contributed by atoms with Crippen LogP contribution >= 0.6 is 15.9 Å². The fourth-order valence-electron chi connectivity index (χ4n) is 2.03. The second-order valence-electron chi connectivity index (χ2n) is 4.95. The SMILES string of the molecule is CCOc1cc(C=C(C#N)C#N)c(Br)cc1OCc1ccc(F)cc1. The Balaban J connectivity index is 2.30. The van der Waals surface area contributed by atoms with E-state index in [1.54, 1.807) is 24.3 Å². The van der Waals surface area contributed by atoms with Gasteiger partial charge in [0.25, 0.3) is 0 Å². The van der Waals surface area contributed by atoms with Crippen LogP contribution in [0.5, 0.6) is 11.5 Å². The molecule has 6 heteroatoms. The summed E-state index contributed by atoms with van der Waals surface area (Å²) in [6.45, 7) is 2.53. The lowest BCUT2D eigenvalue weighted by molar-refractivity contribution is 0.269. The van der Waals surface area contributed by atoms with Crippen molar-refractivity contribution in [3.05, 3.63) is 63.4 Å². The van der Waals surface area contributed by atoms with Crippen LogP contribution in [0.1, 0.15) is 18.1 Å². The molecule has 0 aliphatic carbocycles. The minimum Gasteiger partial charge on any atom is -0.490 e. The maximum absolute atomic E-state index is 13.0. The van der Waals surface area contributed by atoms with Gasteiger partial charge in [0.15, 0.2) is 11.5 Å². The maximum Gasteiger partial charge on any atom is 0.162 e. The Morgan fingerprint density at radius 2 is 1.76 bits per heavy atom. The number of ether oxygens (including phenoxy) is 2. The van der Waals surface area contributed by atoms with E-state index < -0.39 is 0 Å². The van der Waals surface area contributed by atoms with Gasteiger partial charge in [0.05, 0.1) is 6.61 Å². The van der Waals surface area contributed by atoms with Crippen LogP contribution in [-0.2, 0) is 6.61 Å². The molecule has 0 N–H and O–H groups in total. The van der Waals surface area contributed by atoms with E-state index in [1.807, 2.05) is 19.1 Å². The molecule has 0 saturated carbocycles.